The number of aryl methyl sites for hydroxylation is 1. The Labute approximate surface area is 194 Å². The number of benzene rings is 2. The van der Waals surface area contributed by atoms with Crippen molar-refractivity contribution in [2.45, 2.75) is 24.4 Å². The summed E-state index contributed by atoms with van der Waals surface area (Å²) in [5.74, 6) is -0.221. The first kappa shape index (κ1) is 20.8. The van der Waals surface area contributed by atoms with E-state index in [0.717, 1.165) is 21.6 Å². The fourth-order valence-corrected chi connectivity index (χ4v) is 4.70. The lowest BCUT2D eigenvalue weighted by atomic mass is 9.98. The maximum absolute atomic E-state index is 13.6. The van der Waals surface area contributed by atoms with E-state index < -0.39 is 6.04 Å². The molecule has 0 radical (unpaired) electrons. The van der Waals surface area contributed by atoms with Crippen molar-refractivity contribution in [3.63, 3.8) is 0 Å². The van der Waals surface area contributed by atoms with E-state index in [1.54, 1.807) is 41.2 Å². The number of fused-ring (bicyclic) bond motifs is 2. The topological polar surface area (TPSA) is 63.4 Å². The molecule has 0 aliphatic carbocycles. The van der Waals surface area contributed by atoms with Crippen LogP contribution < -0.4 is 5.43 Å². The van der Waals surface area contributed by atoms with Crippen LogP contribution in [0, 0.1) is 6.92 Å². The number of carbonyl (C=O) groups excluding carboxylic acids is 1. The summed E-state index contributed by atoms with van der Waals surface area (Å²) in [7, 11) is 0. The molecular formula is C25H19ClN2O3S. The van der Waals surface area contributed by atoms with Crippen molar-refractivity contribution < 1.29 is 9.21 Å². The van der Waals surface area contributed by atoms with E-state index in [0.29, 0.717) is 28.1 Å². The molecule has 5 nitrogen and oxygen atoms in total. The zero-order valence-corrected chi connectivity index (χ0v) is 19.0. The van der Waals surface area contributed by atoms with Gasteiger partial charge in [-0.15, -0.1) is 11.8 Å². The summed E-state index contributed by atoms with van der Waals surface area (Å²) in [5, 5.41) is 0.864. The number of nitrogens with zero attached hydrogens (tertiary/aromatic N) is 2. The molecule has 0 unspecified atom stereocenters. The summed E-state index contributed by atoms with van der Waals surface area (Å²) in [6.45, 7) is 2.14. The van der Waals surface area contributed by atoms with Gasteiger partial charge in [0.05, 0.1) is 17.0 Å². The average Bonchev–Trinajstić information content (AvgIpc) is 3.08. The van der Waals surface area contributed by atoms with Crippen LogP contribution in [-0.4, -0.2) is 22.0 Å². The van der Waals surface area contributed by atoms with Gasteiger partial charge in [0, 0.05) is 28.9 Å². The second kappa shape index (κ2) is 8.11. The lowest BCUT2D eigenvalue weighted by molar-refractivity contribution is 0.0714. The van der Waals surface area contributed by atoms with Crippen molar-refractivity contribution in [2.75, 3.05) is 6.26 Å². The quantitative estimate of drug-likeness (QED) is 0.368. The predicted octanol–water partition coefficient (Wildman–Crippen LogP) is 5.62. The molecule has 160 valence electrons. The Bertz CT molecular complexity index is 1400. The Balaban J connectivity index is 1.73. The van der Waals surface area contributed by atoms with Crippen LogP contribution in [0.15, 0.2) is 75.0 Å². The maximum Gasteiger partial charge on any atom is 0.291 e. The number of rotatable bonds is 4. The molecule has 1 aliphatic heterocycles. The van der Waals surface area contributed by atoms with Gasteiger partial charge in [-0.05, 0) is 60.2 Å². The number of hydrogen-bond acceptors (Lipinski definition) is 5. The van der Waals surface area contributed by atoms with Crippen molar-refractivity contribution in [1.29, 1.82) is 0 Å². The van der Waals surface area contributed by atoms with Crippen molar-refractivity contribution in [3.8, 4) is 0 Å². The first-order valence-electron chi connectivity index (χ1n) is 10.1. The summed E-state index contributed by atoms with van der Waals surface area (Å²) in [4.78, 5) is 34.1. The van der Waals surface area contributed by atoms with Crippen LogP contribution in [0.4, 0.5) is 0 Å². The molecule has 7 heteroatoms. The van der Waals surface area contributed by atoms with Crippen LogP contribution in [0.5, 0.6) is 0 Å². The van der Waals surface area contributed by atoms with E-state index in [1.807, 2.05) is 49.6 Å². The summed E-state index contributed by atoms with van der Waals surface area (Å²) in [5.41, 5.74) is 2.99. The van der Waals surface area contributed by atoms with E-state index in [-0.39, 0.29) is 17.1 Å². The minimum Gasteiger partial charge on any atom is -0.450 e. The molecule has 4 aromatic rings. The van der Waals surface area contributed by atoms with Gasteiger partial charge in [0.15, 0.2) is 5.43 Å². The normalized spacial score (nSPS) is 15.4. The van der Waals surface area contributed by atoms with Gasteiger partial charge in [-0.25, -0.2) is 0 Å². The Morgan fingerprint density at radius 2 is 1.94 bits per heavy atom. The molecule has 0 bridgehead atoms. The lowest BCUT2D eigenvalue weighted by Gasteiger charge is -2.25. The molecule has 32 heavy (non-hydrogen) atoms. The highest BCUT2D eigenvalue weighted by Gasteiger charge is 2.42. The SMILES string of the molecule is CSc1ccc([C@@H]2c3c(oc4cc(C)c(Cl)cc4c3=O)C(=O)N2Cc2cccnc2)cc1. The van der Waals surface area contributed by atoms with Crippen molar-refractivity contribution in [1.82, 2.24) is 9.88 Å². The van der Waals surface area contributed by atoms with E-state index in [4.69, 9.17) is 16.0 Å². The van der Waals surface area contributed by atoms with Crippen LogP contribution in [0.1, 0.15) is 38.9 Å². The summed E-state index contributed by atoms with van der Waals surface area (Å²) >= 11 is 7.93. The number of aromatic nitrogens is 1. The van der Waals surface area contributed by atoms with Crippen LogP contribution in [0.2, 0.25) is 5.02 Å². The molecule has 0 saturated heterocycles. The third-order valence-corrected chi connectivity index (χ3v) is 6.90. The second-order valence-electron chi connectivity index (χ2n) is 7.74. The molecule has 0 fully saturated rings. The van der Waals surface area contributed by atoms with Crippen LogP contribution >= 0.6 is 23.4 Å². The molecular weight excluding hydrogens is 444 g/mol. The fourth-order valence-electron chi connectivity index (χ4n) is 4.13. The third-order valence-electron chi connectivity index (χ3n) is 5.75. The number of amides is 1. The van der Waals surface area contributed by atoms with Gasteiger partial charge in [-0.2, -0.15) is 0 Å². The first-order valence-corrected chi connectivity index (χ1v) is 11.7. The van der Waals surface area contributed by atoms with E-state index in [9.17, 15) is 9.59 Å². The number of pyridine rings is 1. The average molecular weight is 463 g/mol. The van der Waals surface area contributed by atoms with Crippen LogP contribution in [0.25, 0.3) is 11.0 Å². The molecule has 1 amide bonds. The Hall–Kier alpha value is -3.09. The van der Waals surface area contributed by atoms with Gasteiger partial charge in [0.2, 0.25) is 5.76 Å². The first-order chi connectivity index (χ1) is 15.5. The van der Waals surface area contributed by atoms with E-state index in [1.165, 1.54) is 0 Å². The standard InChI is InChI=1S/C25H19ClN2O3S/c1-14-10-20-18(11-19(14)26)23(29)21-22(16-5-7-17(32-2)8-6-16)28(25(30)24(21)31-20)13-15-4-3-9-27-12-15/h3-12,22H,13H2,1-2H3/t22-/m1/s1. The predicted molar refractivity (Wildman–Crippen MR) is 126 cm³/mol. The summed E-state index contributed by atoms with van der Waals surface area (Å²) in [6.07, 6.45) is 5.41. The summed E-state index contributed by atoms with van der Waals surface area (Å²) < 4.78 is 6.03. The lowest BCUT2D eigenvalue weighted by Crippen LogP contribution is -2.29. The third kappa shape index (κ3) is 3.40. The molecule has 3 heterocycles. The number of hydrogen-bond donors (Lipinski definition) is 0. The number of halogens is 1. The van der Waals surface area contributed by atoms with Crippen molar-refractivity contribution in [3.05, 3.63) is 104 Å². The molecule has 1 aliphatic rings. The second-order valence-corrected chi connectivity index (χ2v) is 9.03. The van der Waals surface area contributed by atoms with E-state index >= 15 is 0 Å². The molecule has 2 aromatic heterocycles. The number of carbonyl (C=O) groups is 1. The largest absolute Gasteiger partial charge is 0.450 e. The fraction of sp³-hybridized carbons (Fsp3) is 0.160. The Morgan fingerprint density at radius 3 is 2.62 bits per heavy atom. The highest BCUT2D eigenvalue weighted by Crippen LogP contribution is 2.40. The maximum atomic E-state index is 13.6. The molecule has 0 N–H and O–H groups in total. The van der Waals surface area contributed by atoms with Crippen LogP contribution in [0.3, 0.4) is 0 Å². The highest BCUT2D eigenvalue weighted by molar-refractivity contribution is 7.98. The van der Waals surface area contributed by atoms with E-state index in [2.05, 4.69) is 4.98 Å². The minimum absolute atomic E-state index is 0.0899. The summed E-state index contributed by atoms with van der Waals surface area (Å²) in [6, 6.07) is 14.4. The van der Waals surface area contributed by atoms with Crippen molar-refractivity contribution in [2.24, 2.45) is 0 Å². The zero-order valence-electron chi connectivity index (χ0n) is 17.5. The van der Waals surface area contributed by atoms with Gasteiger partial charge >= 0.3 is 0 Å². The van der Waals surface area contributed by atoms with Gasteiger partial charge in [0.25, 0.3) is 5.91 Å². The molecule has 1 atom stereocenters. The Morgan fingerprint density at radius 1 is 1.16 bits per heavy atom. The number of thioether (sulfide) groups is 1. The van der Waals surface area contributed by atoms with Gasteiger partial charge in [-0.3, -0.25) is 14.6 Å². The molecule has 2 aromatic carbocycles. The molecule has 5 rings (SSSR count). The van der Waals surface area contributed by atoms with Crippen molar-refractivity contribution >= 4 is 40.2 Å². The molecule has 0 saturated carbocycles. The van der Waals surface area contributed by atoms with Gasteiger partial charge in [0.1, 0.15) is 5.58 Å². The van der Waals surface area contributed by atoms with Gasteiger partial charge in [-0.1, -0.05) is 29.8 Å². The smallest absolute Gasteiger partial charge is 0.291 e. The zero-order chi connectivity index (χ0) is 22.4. The minimum atomic E-state index is -0.561. The van der Waals surface area contributed by atoms with Crippen LogP contribution in [-0.2, 0) is 6.54 Å². The van der Waals surface area contributed by atoms with Gasteiger partial charge < -0.3 is 9.32 Å². The molecule has 0 spiro atoms. The monoisotopic (exact) mass is 462 g/mol. The highest BCUT2D eigenvalue weighted by atomic mass is 35.5. The Kier molecular flexibility index (Phi) is 5.27.